The number of hydrogen-bond donors (Lipinski definition) is 1. The highest BCUT2D eigenvalue weighted by Gasteiger charge is 2.02. The summed E-state index contributed by atoms with van der Waals surface area (Å²) in [5.41, 5.74) is 1.21. The second kappa shape index (κ2) is 6.58. The van der Waals surface area contributed by atoms with Gasteiger partial charge in [0.05, 0.1) is 19.3 Å². The first-order valence-corrected chi connectivity index (χ1v) is 5.52. The molecule has 1 aromatic heterocycles. The van der Waals surface area contributed by atoms with Gasteiger partial charge in [-0.05, 0) is 26.3 Å². The van der Waals surface area contributed by atoms with Gasteiger partial charge >= 0.3 is 0 Å². The van der Waals surface area contributed by atoms with Crippen molar-refractivity contribution in [3.8, 4) is 0 Å². The Morgan fingerprint density at radius 2 is 2.40 bits per heavy atom. The fourth-order valence-electron chi connectivity index (χ4n) is 1.43. The van der Waals surface area contributed by atoms with E-state index in [0.29, 0.717) is 6.04 Å². The van der Waals surface area contributed by atoms with E-state index < -0.39 is 0 Å². The molecule has 0 fully saturated rings. The summed E-state index contributed by atoms with van der Waals surface area (Å²) in [5, 5.41) is 7.63. The minimum absolute atomic E-state index is 0.421. The Bertz CT molecular complexity index is 273. The molecule has 0 radical (unpaired) electrons. The molecule has 0 bridgehead atoms. The second-order valence-corrected chi connectivity index (χ2v) is 3.79. The van der Waals surface area contributed by atoms with Crippen LogP contribution in [0.1, 0.15) is 19.4 Å². The summed E-state index contributed by atoms with van der Waals surface area (Å²) in [6, 6.07) is 0.421. The molecule has 86 valence electrons. The molecule has 1 N–H and O–H groups in total. The maximum Gasteiger partial charge on any atom is 0.0590 e. The van der Waals surface area contributed by atoms with E-state index in [2.05, 4.69) is 30.5 Å². The first-order valence-electron chi connectivity index (χ1n) is 5.52. The SMILES string of the molecule is CCOCCN[C@H](C)Cn1cc(C)cn1. The van der Waals surface area contributed by atoms with E-state index in [4.69, 9.17) is 4.74 Å². The van der Waals surface area contributed by atoms with Gasteiger partial charge < -0.3 is 10.1 Å². The smallest absolute Gasteiger partial charge is 0.0590 e. The highest BCUT2D eigenvalue weighted by atomic mass is 16.5. The molecule has 0 aliphatic rings. The molecule has 1 rings (SSSR count). The lowest BCUT2D eigenvalue weighted by Gasteiger charge is -2.13. The van der Waals surface area contributed by atoms with Gasteiger partial charge in [0.25, 0.3) is 0 Å². The quantitative estimate of drug-likeness (QED) is 0.689. The Kier molecular flexibility index (Phi) is 5.36. The minimum atomic E-state index is 0.421. The van der Waals surface area contributed by atoms with E-state index in [1.54, 1.807) is 0 Å². The van der Waals surface area contributed by atoms with Crippen molar-refractivity contribution in [3.05, 3.63) is 18.0 Å². The highest BCUT2D eigenvalue weighted by Crippen LogP contribution is 1.96. The molecule has 4 nitrogen and oxygen atoms in total. The average Bonchev–Trinajstić information content (AvgIpc) is 2.59. The molecule has 0 amide bonds. The van der Waals surface area contributed by atoms with Crippen LogP contribution in [0.25, 0.3) is 0 Å². The largest absolute Gasteiger partial charge is 0.380 e. The van der Waals surface area contributed by atoms with Gasteiger partial charge in [-0.3, -0.25) is 4.68 Å². The Labute approximate surface area is 91.6 Å². The summed E-state index contributed by atoms with van der Waals surface area (Å²) in [4.78, 5) is 0. The molecule has 0 aliphatic heterocycles. The summed E-state index contributed by atoms with van der Waals surface area (Å²) in [7, 11) is 0. The molecule has 0 aliphatic carbocycles. The maximum absolute atomic E-state index is 5.25. The van der Waals surface area contributed by atoms with Crippen LogP contribution in [0.15, 0.2) is 12.4 Å². The lowest BCUT2D eigenvalue weighted by atomic mass is 10.3. The zero-order valence-electron chi connectivity index (χ0n) is 9.86. The third kappa shape index (κ3) is 4.95. The van der Waals surface area contributed by atoms with Crippen LogP contribution < -0.4 is 5.32 Å². The van der Waals surface area contributed by atoms with Crippen molar-refractivity contribution in [2.24, 2.45) is 0 Å². The molecule has 0 unspecified atom stereocenters. The molecular formula is C11H21N3O. The van der Waals surface area contributed by atoms with E-state index in [0.717, 1.165) is 26.3 Å². The second-order valence-electron chi connectivity index (χ2n) is 3.79. The Morgan fingerprint density at radius 3 is 3.00 bits per heavy atom. The Morgan fingerprint density at radius 1 is 1.60 bits per heavy atom. The van der Waals surface area contributed by atoms with Crippen LogP contribution >= 0.6 is 0 Å². The summed E-state index contributed by atoms with van der Waals surface area (Å²) in [6.45, 7) is 9.58. The summed E-state index contributed by atoms with van der Waals surface area (Å²) in [5.74, 6) is 0. The summed E-state index contributed by atoms with van der Waals surface area (Å²) in [6.07, 6.45) is 3.94. The fourth-order valence-corrected chi connectivity index (χ4v) is 1.43. The van der Waals surface area contributed by atoms with Gasteiger partial charge in [-0.1, -0.05) is 0 Å². The van der Waals surface area contributed by atoms with Crippen LogP contribution in [0.2, 0.25) is 0 Å². The van der Waals surface area contributed by atoms with Gasteiger partial charge in [0.15, 0.2) is 0 Å². The Balaban J connectivity index is 2.15. The van der Waals surface area contributed by atoms with Crippen molar-refractivity contribution < 1.29 is 4.74 Å². The van der Waals surface area contributed by atoms with Gasteiger partial charge in [0.2, 0.25) is 0 Å². The number of hydrogen-bond acceptors (Lipinski definition) is 3. The maximum atomic E-state index is 5.25. The highest BCUT2D eigenvalue weighted by molar-refractivity contribution is 4.99. The third-order valence-corrected chi connectivity index (χ3v) is 2.17. The third-order valence-electron chi connectivity index (χ3n) is 2.17. The normalized spacial score (nSPS) is 13.0. The van der Waals surface area contributed by atoms with Crippen molar-refractivity contribution in [1.29, 1.82) is 0 Å². The molecule has 0 saturated carbocycles. The minimum Gasteiger partial charge on any atom is -0.380 e. The van der Waals surface area contributed by atoms with E-state index in [1.807, 2.05) is 17.8 Å². The molecule has 0 aromatic carbocycles. The zero-order valence-corrected chi connectivity index (χ0v) is 9.86. The van der Waals surface area contributed by atoms with Crippen LogP contribution in [-0.4, -0.2) is 35.6 Å². The fraction of sp³-hybridized carbons (Fsp3) is 0.727. The summed E-state index contributed by atoms with van der Waals surface area (Å²) < 4.78 is 7.22. The molecule has 0 spiro atoms. The van der Waals surface area contributed by atoms with Crippen LogP contribution in [0, 0.1) is 6.92 Å². The molecule has 1 aromatic rings. The number of ether oxygens (including phenoxy) is 1. The number of nitrogens with zero attached hydrogens (tertiary/aromatic N) is 2. The molecule has 0 saturated heterocycles. The van der Waals surface area contributed by atoms with E-state index in [1.165, 1.54) is 5.56 Å². The van der Waals surface area contributed by atoms with Crippen molar-refractivity contribution in [1.82, 2.24) is 15.1 Å². The standard InChI is InChI=1S/C11H21N3O/c1-4-15-6-5-12-11(3)9-14-8-10(2)7-13-14/h7-8,11-12H,4-6,9H2,1-3H3/t11-/m1/s1. The monoisotopic (exact) mass is 211 g/mol. The number of aryl methyl sites for hydroxylation is 1. The average molecular weight is 211 g/mol. The van der Waals surface area contributed by atoms with Crippen molar-refractivity contribution >= 4 is 0 Å². The molecular weight excluding hydrogens is 190 g/mol. The van der Waals surface area contributed by atoms with E-state index in [9.17, 15) is 0 Å². The molecule has 1 heterocycles. The van der Waals surface area contributed by atoms with E-state index >= 15 is 0 Å². The van der Waals surface area contributed by atoms with Crippen LogP contribution in [0.4, 0.5) is 0 Å². The van der Waals surface area contributed by atoms with Gasteiger partial charge in [-0.15, -0.1) is 0 Å². The van der Waals surface area contributed by atoms with Crippen LogP contribution in [0.3, 0.4) is 0 Å². The number of nitrogens with one attached hydrogen (secondary N) is 1. The van der Waals surface area contributed by atoms with E-state index in [-0.39, 0.29) is 0 Å². The Hall–Kier alpha value is -0.870. The zero-order chi connectivity index (χ0) is 11.1. The molecule has 4 heteroatoms. The van der Waals surface area contributed by atoms with Gasteiger partial charge in [0, 0.05) is 25.4 Å². The van der Waals surface area contributed by atoms with Crippen molar-refractivity contribution in [3.63, 3.8) is 0 Å². The predicted octanol–water partition coefficient (Wildman–Crippen LogP) is 1.21. The van der Waals surface area contributed by atoms with Gasteiger partial charge in [0.1, 0.15) is 0 Å². The number of rotatable bonds is 7. The first-order chi connectivity index (χ1) is 7.22. The van der Waals surface area contributed by atoms with Crippen LogP contribution in [0.5, 0.6) is 0 Å². The lowest BCUT2D eigenvalue weighted by molar-refractivity contribution is 0.146. The van der Waals surface area contributed by atoms with Crippen molar-refractivity contribution in [2.45, 2.75) is 33.4 Å². The first kappa shape index (κ1) is 12.2. The molecule has 15 heavy (non-hydrogen) atoms. The van der Waals surface area contributed by atoms with Gasteiger partial charge in [-0.25, -0.2) is 0 Å². The van der Waals surface area contributed by atoms with Crippen LogP contribution in [-0.2, 0) is 11.3 Å². The molecule has 1 atom stereocenters. The topological polar surface area (TPSA) is 39.1 Å². The predicted molar refractivity (Wildman–Crippen MR) is 60.9 cm³/mol. The number of aromatic nitrogens is 2. The summed E-state index contributed by atoms with van der Waals surface area (Å²) >= 11 is 0. The lowest BCUT2D eigenvalue weighted by Crippen LogP contribution is -2.33. The van der Waals surface area contributed by atoms with Crippen molar-refractivity contribution in [2.75, 3.05) is 19.8 Å². The van der Waals surface area contributed by atoms with Gasteiger partial charge in [-0.2, -0.15) is 5.10 Å².